The molecule has 1 heteroatoms. The van der Waals surface area contributed by atoms with Gasteiger partial charge in [-0.2, -0.15) is 5.26 Å². The van der Waals surface area contributed by atoms with Crippen molar-refractivity contribution in [3.63, 3.8) is 0 Å². The summed E-state index contributed by atoms with van der Waals surface area (Å²) in [5.41, 5.74) is 1.19. The van der Waals surface area contributed by atoms with Crippen molar-refractivity contribution in [2.24, 2.45) is 17.3 Å². The fraction of sp³-hybridized carbons (Fsp3) is 0.722. The molecule has 0 radical (unpaired) electrons. The highest BCUT2D eigenvalue weighted by Gasteiger charge is 2.24. The zero-order valence-electron chi connectivity index (χ0n) is 13.1. The van der Waals surface area contributed by atoms with E-state index in [0.29, 0.717) is 5.92 Å². The Balaban J connectivity index is 2.63. The van der Waals surface area contributed by atoms with Crippen LogP contribution < -0.4 is 0 Å². The summed E-state index contributed by atoms with van der Waals surface area (Å²) >= 11 is 0. The summed E-state index contributed by atoms with van der Waals surface area (Å²) < 4.78 is 0. The van der Waals surface area contributed by atoms with Crippen LogP contribution in [0, 0.1) is 28.6 Å². The molecule has 1 aliphatic rings. The molecule has 1 aliphatic carbocycles. The van der Waals surface area contributed by atoms with Gasteiger partial charge in [-0.3, -0.25) is 0 Å². The lowest BCUT2D eigenvalue weighted by Crippen LogP contribution is -2.15. The van der Waals surface area contributed by atoms with Gasteiger partial charge in [-0.25, -0.2) is 0 Å². The molecule has 0 amide bonds. The van der Waals surface area contributed by atoms with E-state index < -0.39 is 0 Å². The van der Waals surface area contributed by atoms with Gasteiger partial charge < -0.3 is 0 Å². The summed E-state index contributed by atoms with van der Waals surface area (Å²) in [7, 11) is 0. The summed E-state index contributed by atoms with van der Waals surface area (Å²) in [5.74, 6) is 1.52. The van der Waals surface area contributed by atoms with Crippen molar-refractivity contribution in [2.45, 2.75) is 66.2 Å². The average Bonchev–Trinajstić information content (AvgIpc) is 2.44. The van der Waals surface area contributed by atoms with E-state index in [9.17, 15) is 0 Å². The SMILES string of the molecule is CCCC(CCC(C)CC)C1=CCC(C)(C#N)C=C1. The Kier molecular flexibility index (Phi) is 6.35. The van der Waals surface area contributed by atoms with Crippen LogP contribution in [0.15, 0.2) is 23.8 Å². The fourth-order valence-electron chi connectivity index (χ4n) is 2.65. The van der Waals surface area contributed by atoms with Gasteiger partial charge in [0.25, 0.3) is 0 Å². The molecule has 3 unspecified atom stereocenters. The third kappa shape index (κ3) is 4.86. The quantitative estimate of drug-likeness (QED) is 0.580. The van der Waals surface area contributed by atoms with Crippen molar-refractivity contribution >= 4 is 0 Å². The normalized spacial score (nSPS) is 25.5. The van der Waals surface area contributed by atoms with Crippen LogP contribution in [0.3, 0.4) is 0 Å². The van der Waals surface area contributed by atoms with Gasteiger partial charge in [0.05, 0.1) is 11.5 Å². The molecule has 0 N–H and O–H groups in total. The van der Waals surface area contributed by atoms with E-state index >= 15 is 0 Å². The molecular formula is C18H29N. The molecule has 0 spiro atoms. The highest BCUT2D eigenvalue weighted by atomic mass is 14.3. The van der Waals surface area contributed by atoms with E-state index in [0.717, 1.165) is 12.3 Å². The Hall–Kier alpha value is -1.03. The Bertz CT molecular complexity index is 372. The minimum Gasteiger partial charge on any atom is -0.197 e. The highest BCUT2D eigenvalue weighted by molar-refractivity contribution is 5.31. The monoisotopic (exact) mass is 259 g/mol. The smallest absolute Gasteiger partial charge is 0.0763 e. The Morgan fingerprint density at radius 3 is 2.53 bits per heavy atom. The lowest BCUT2D eigenvalue weighted by atomic mass is 9.78. The molecule has 0 aromatic rings. The van der Waals surface area contributed by atoms with Crippen LogP contribution in [0.2, 0.25) is 0 Å². The van der Waals surface area contributed by atoms with Crippen molar-refractivity contribution in [1.82, 2.24) is 0 Å². The first-order chi connectivity index (χ1) is 9.04. The molecule has 106 valence electrons. The summed E-state index contributed by atoms with van der Waals surface area (Å²) in [6.45, 7) is 8.91. The Morgan fingerprint density at radius 1 is 1.32 bits per heavy atom. The maximum Gasteiger partial charge on any atom is 0.0763 e. The van der Waals surface area contributed by atoms with Crippen LogP contribution in [0.4, 0.5) is 0 Å². The lowest BCUT2D eigenvalue weighted by Gasteiger charge is -2.25. The summed E-state index contributed by atoms with van der Waals surface area (Å²) in [6.07, 6.45) is 13.9. The van der Waals surface area contributed by atoms with E-state index in [2.05, 4.69) is 45.1 Å². The van der Waals surface area contributed by atoms with Crippen molar-refractivity contribution in [3.05, 3.63) is 23.8 Å². The second-order valence-corrected chi connectivity index (χ2v) is 6.35. The molecule has 0 fully saturated rings. The van der Waals surface area contributed by atoms with Gasteiger partial charge >= 0.3 is 0 Å². The number of hydrogen-bond donors (Lipinski definition) is 0. The molecule has 0 bridgehead atoms. The van der Waals surface area contributed by atoms with Crippen LogP contribution in [-0.4, -0.2) is 0 Å². The molecule has 1 nitrogen and oxygen atoms in total. The highest BCUT2D eigenvalue weighted by Crippen LogP contribution is 2.34. The van der Waals surface area contributed by atoms with Gasteiger partial charge in [0.2, 0.25) is 0 Å². The van der Waals surface area contributed by atoms with Gasteiger partial charge in [0.1, 0.15) is 0 Å². The third-order valence-electron chi connectivity index (χ3n) is 4.47. The van der Waals surface area contributed by atoms with E-state index in [1.54, 1.807) is 0 Å². The van der Waals surface area contributed by atoms with Crippen LogP contribution in [0.1, 0.15) is 66.2 Å². The molecule has 0 aliphatic heterocycles. The average molecular weight is 259 g/mol. The minimum absolute atomic E-state index is 0.281. The number of hydrogen-bond acceptors (Lipinski definition) is 1. The molecule has 3 atom stereocenters. The Morgan fingerprint density at radius 2 is 2.05 bits per heavy atom. The molecule has 1 rings (SSSR count). The van der Waals surface area contributed by atoms with E-state index in [4.69, 9.17) is 5.26 Å². The number of rotatable bonds is 7. The summed E-state index contributed by atoms with van der Waals surface area (Å²) in [5, 5.41) is 9.16. The zero-order chi connectivity index (χ0) is 14.3. The zero-order valence-corrected chi connectivity index (χ0v) is 13.1. The van der Waals surface area contributed by atoms with Crippen LogP contribution >= 0.6 is 0 Å². The predicted molar refractivity (Wildman–Crippen MR) is 82.6 cm³/mol. The largest absolute Gasteiger partial charge is 0.197 e. The number of nitrogens with zero attached hydrogens (tertiary/aromatic N) is 1. The maximum absolute atomic E-state index is 9.16. The fourth-order valence-corrected chi connectivity index (χ4v) is 2.65. The number of nitriles is 1. The van der Waals surface area contributed by atoms with Gasteiger partial charge in [0.15, 0.2) is 0 Å². The summed E-state index contributed by atoms with van der Waals surface area (Å²) in [4.78, 5) is 0. The van der Waals surface area contributed by atoms with Gasteiger partial charge in [-0.05, 0) is 43.6 Å². The molecule has 0 saturated carbocycles. The van der Waals surface area contributed by atoms with E-state index in [1.165, 1.54) is 37.7 Å². The molecule has 19 heavy (non-hydrogen) atoms. The lowest BCUT2D eigenvalue weighted by molar-refractivity contribution is 0.417. The third-order valence-corrected chi connectivity index (χ3v) is 4.47. The van der Waals surface area contributed by atoms with E-state index in [-0.39, 0.29) is 5.41 Å². The second kappa shape index (κ2) is 7.53. The predicted octanol–water partition coefficient (Wildman–Crippen LogP) is 5.65. The standard InChI is InChI=1S/C18H29N/c1-5-7-16(9-8-15(3)6-2)17-10-12-18(4,14-19)13-11-17/h10-12,15-16H,5-9,13H2,1-4H3. The van der Waals surface area contributed by atoms with Crippen molar-refractivity contribution in [3.8, 4) is 6.07 Å². The van der Waals surface area contributed by atoms with Crippen LogP contribution in [-0.2, 0) is 0 Å². The first-order valence-corrected chi connectivity index (χ1v) is 7.85. The molecule has 0 heterocycles. The van der Waals surface area contributed by atoms with Crippen molar-refractivity contribution in [1.29, 1.82) is 5.26 Å². The van der Waals surface area contributed by atoms with Gasteiger partial charge in [0, 0.05) is 0 Å². The summed E-state index contributed by atoms with van der Waals surface area (Å²) in [6, 6.07) is 2.40. The topological polar surface area (TPSA) is 23.8 Å². The molecule has 0 saturated heterocycles. The van der Waals surface area contributed by atoms with Crippen molar-refractivity contribution < 1.29 is 0 Å². The number of allylic oxidation sites excluding steroid dienone is 4. The molecular weight excluding hydrogens is 230 g/mol. The van der Waals surface area contributed by atoms with Gasteiger partial charge in [-0.15, -0.1) is 0 Å². The first-order valence-electron chi connectivity index (χ1n) is 7.85. The van der Waals surface area contributed by atoms with Crippen LogP contribution in [0.5, 0.6) is 0 Å². The first kappa shape index (κ1) is 16.0. The molecule has 0 aromatic heterocycles. The maximum atomic E-state index is 9.16. The Labute approximate surface area is 119 Å². The van der Waals surface area contributed by atoms with E-state index in [1.807, 2.05) is 6.92 Å². The minimum atomic E-state index is -0.281. The second-order valence-electron chi connectivity index (χ2n) is 6.35. The molecule has 0 aromatic carbocycles. The van der Waals surface area contributed by atoms with Crippen molar-refractivity contribution in [2.75, 3.05) is 0 Å². The van der Waals surface area contributed by atoms with Crippen LogP contribution in [0.25, 0.3) is 0 Å². The van der Waals surface area contributed by atoms with Gasteiger partial charge in [-0.1, -0.05) is 58.3 Å².